The molecule has 2 atom stereocenters. The molecule has 2 rings (SSSR count). The number of hydrogen-bond acceptors (Lipinski definition) is 4. The zero-order valence-corrected chi connectivity index (χ0v) is 11.8. The molecule has 100 valence electrons. The molecule has 1 fully saturated rings. The van der Waals surface area contributed by atoms with Gasteiger partial charge in [0.1, 0.15) is 12.2 Å². The molecule has 4 nitrogen and oxygen atoms in total. The van der Waals surface area contributed by atoms with Crippen molar-refractivity contribution in [3.8, 4) is 0 Å². The summed E-state index contributed by atoms with van der Waals surface area (Å²) in [4.78, 5) is 0. The van der Waals surface area contributed by atoms with Gasteiger partial charge in [0.25, 0.3) is 0 Å². The fourth-order valence-corrected chi connectivity index (χ4v) is 2.05. The maximum Gasteiger partial charge on any atom is 1.00 e. The molecule has 1 saturated heterocycles. The van der Waals surface area contributed by atoms with E-state index in [0.717, 1.165) is 5.56 Å². The number of rotatable bonds is 6. The fraction of sp³-hybridized carbons (Fsp3) is 0.571. The zero-order valence-electron chi connectivity index (χ0n) is 11.8. The third-order valence-corrected chi connectivity index (χ3v) is 2.89. The van der Waals surface area contributed by atoms with Crippen LogP contribution in [0.3, 0.4) is 0 Å². The van der Waals surface area contributed by atoms with Crippen LogP contribution in [-0.2, 0) is 25.4 Å². The first-order valence-electron chi connectivity index (χ1n) is 6.08. The first-order chi connectivity index (χ1) is 8.83. The second kappa shape index (κ2) is 8.75. The van der Waals surface area contributed by atoms with Crippen LogP contribution in [0.5, 0.6) is 0 Å². The molecule has 0 amide bonds. The molecule has 0 spiro atoms. The topological polar surface area (TPSA) is 36.9 Å². The standard InChI is InChI=1S/C14H19O4.Li/c1-15-9-12-13(10-16-2)18-14(17-12)8-11-6-4-3-5-7-11;/h3-6,12-14H,8-10H2,1-2H3;/q-1;+1/t12-,13-;/m0./s1. The Balaban J connectivity index is 0.00000180. The summed E-state index contributed by atoms with van der Waals surface area (Å²) >= 11 is 0. The van der Waals surface area contributed by atoms with Gasteiger partial charge >= 0.3 is 18.9 Å². The van der Waals surface area contributed by atoms with E-state index in [1.807, 2.05) is 24.3 Å². The van der Waals surface area contributed by atoms with E-state index in [1.54, 1.807) is 14.2 Å². The summed E-state index contributed by atoms with van der Waals surface area (Å²) < 4.78 is 21.9. The molecule has 1 aliphatic rings. The molecule has 0 saturated carbocycles. The van der Waals surface area contributed by atoms with E-state index >= 15 is 0 Å². The third kappa shape index (κ3) is 4.92. The summed E-state index contributed by atoms with van der Waals surface area (Å²) in [5.74, 6) is 0. The molecule has 1 aliphatic heterocycles. The number of benzene rings is 1. The molecule has 0 aliphatic carbocycles. The smallest absolute Gasteiger partial charge is 0.382 e. The molecule has 0 unspecified atom stereocenters. The van der Waals surface area contributed by atoms with Gasteiger partial charge in [-0.15, -0.1) is 0 Å². The van der Waals surface area contributed by atoms with Gasteiger partial charge in [-0.1, -0.05) is 0 Å². The number of methoxy groups -OCH3 is 2. The van der Waals surface area contributed by atoms with Crippen LogP contribution in [0.4, 0.5) is 0 Å². The Bertz CT molecular complexity index is 333. The molecular formula is C14H19LiO4. The molecule has 1 heterocycles. The van der Waals surface area contributed by atoms with Crippen molar-refractivity contribution >= 4 is 0 Å². The van der Waals surface area contributed by atoms with Gasteiger partial charge in [-0.3, -0.25) is 0 Å². The number of ether oxygens (including phenoxy) is 4. The second-order valence-corrected chi connectivity index (χ2v) is 4.28. The van der Waals surface area contributed by atoms with Gasteiger partial charge in [0.2, 0.25) is 0 Å². The predicted octanol–water partition coefficient (Wildman–Crippen LogP) is -1.56. The van der Waals surface area contributed by atoms with E-state index in [4.69, 9.17) is 18.9 Å². The van der Waals surface area contributed by atoms with E-state index < -0.39 is 0 Å². The fourth-order valence-electron chi connectivity index (χ4n) is 2.05. The minimum Gasteiger partial charge on any atom is -0.382 e. The minimum atomic E-state index is -0.246. The van der Waals surface area contributed by atoms with Crippen molar-refractivity contribution < 1.29 is 37.8 Å². The van der Waals surface area contributed by atoms with Crippen molar-refractivity contribution in [2.75, 3.05) is 27.4 Å². The normalized spacial score (nSPS) is 23.3. The van der Waals surface area contributed by atoms with Crippen LogP contribution in [0.1, 0.15) is 5.56 Å². The minimum absolute atomic E-state index is 0. The molecule has 1 aromatic carbocycles. The Hall–Kier alpha value is -0.343. The summed E-state index contributed by atoms with van der Waals surface area (Å²) in [6.45, 7) is 1.03. The third-order valence-electron chi connectivity index (χ3n) is 2.89. The quantitative estimate of drug-likeness (QED) is 0.457. The Kier molecular flexibility index (Phi) is 7.70. The van der Waals surface area contributed by atoms with E-state index in [0.29, 0.717) is 19.6 Å². The molecule has 0 aromatic heterocycles. The van der Waals surface area contributed by atoms with Crippen molar-refractivity contribution in [2.45, 2.75) is 24.9 Å². The van der Waals surface area contributed by atoms with Gasteiger partial charge in [-0.05, 0) is 0 Å². The van der Waals surface area contributed by atoms with Gasteiger partial charge in [0.15, 0.2) is 6.29 Å². The van der Waals surface area contributed by atoms with Crippen LogP contribution >= 0.6 is 0 Å². The largest absolute Gasteiger partial charge is 1.00 e. The molecule has 5 heteroatoms. The average Bonchev–Trinajstić information content (AvgIpc) is 2.74. The van der Waals surface area contributed by atoms with Crippen LogP contribution in [0.2, 0.25) is 0 Å². The van der Waals surface area contributed by atoms with Crippen LogP contribution in [0, 0.1) is 6.07 Å². The Morgan fingerprint density at radius 1 is 1.11 bits per heavy atom. The van der Waals surface area contributed by atoms with Gasteiger partial charge in [0.05, 0.1) is 13.2 Å². The van der Waals surface area contributed by atoms with E-state index in [1.165, 1.54) is 0 Å². The average molecular weight is 258 g/mol. The van der Waals surface area contributed by atoms with Gasteiger partial charge in [-0.2, -0.15) is 35.9 Å². The van der Waals surface area contributed by atoms with Gasteiger partial charge < -0.3 is 18.9 Å². The van der Waals surface area contributed by atoms with Gasteiger partial charge in [-0.25, -0.2) is 0 Å². The number of hydrogen-bond donors (Lipinski definition) is 0. The Labute approximate surface area is 126 Å². The zero-order chi connectivity index (χ0) is 12.8. The molecule has 1 aromatic rings. The maximum atomic E-state index is 5.82. The molecule has 0 radical (unpaired) electrons. The first kappa shape index (κ1) is 16.7. The van der Waals surface area contributed by atoms with Crippen LogP contribution < -0.4 is 18.9 Å². The van der Waals surface area contributed by atoms with Crippen molar-refractivity contribution in [2.24, 2.45) is 0 Å². The molecular weight excluding hydrogens is 239 g/mol. The summed E-state index contributed by atoms with van der Waals surface area (Å²) in [5.41, 5.74) is 1.08. The summed E-state index contributed by atoms with van der Waals surface area (Å²) in [6, 6.07) is 11.0. The monoisotopic (exact) mass is 258 g/mol. The first-order valence-corrected chi connectivity index (χ1v) is 6.08. The van der Waals surface area contributed by atoms with Crippen LogP contribution in [-0.4, -0.2) is 45.9 Å². The predicted molar refractivity (Wildman–Crippen MR) is 66.3 cm³/mol. The molecule has 19 heavy (non-hydrogen) atoms. The molecule has 0 N–H and O–H groups in total. The van der Waals surface area contributed by atoms with Crippen molar-refractivity contribution in [1.29, 1.82) is 0 Å². The van der Waals surface area contributed by atoms with E-state index in [-0.39, 0.29) is 37.4 Å². The SMILES string of the molecule is COC[C@@H]1OC(Cc2[c-]cccc2)O[C@H]1COC.[Li+]. The summed E-state index contributed by atoms with van der Waals surface area (Å²) in [6.07, 6.45) is 0.317. The van der Waals surface area contributed by atoms with Crippen LogP contribution in [0.25, 0.3) is 0 Å². The Morgan fingerprint density at radius 3 is 2.21 bits per heavy atom. The second-order valence-electron chi connectivity index (χ2n) is 4.28. The summed E-state index contributed by atoms with van der Waals surface area (Å²) in [7, 11) is 3.32. The van der Waals surface area contributed by atoms with Crippen molar-refractivity contribution in [3.63, 3.8) is 0 Å². The van der Waals surface area contributed by atoms with E-state index in [9.17, 15) is 0 Å². The van der Waals surface area contributed by atoms with Crippen molar-refractivity contribution in [1.82, 2.24) is 0 Å². The van der Waals surface area contributed by atoms with Crippen LogP contribution in [0.15, 0.2) is 24.3 Å². The van der Waals surface area contributed by atoms with Gasteiger partial charge in [0, 0.05) is 20.6 Å². The van der Waals surface area contributed by atoms with Crippen molar-refractivity contribution in [3.05, 3.63) is 35.9 Å². The summed E-state index contributed by atoms with van der Waals surface area (Å²) in [5, 5.41) is 0. The Morgan fingerprint density at radius 2 is 1.74 bits per heavy atom. The van der Waals surface area contributed by atoms with E-state index in [2.05, 4.69) is 6.07 Å². The maximum absolute atomic E-state index is 5.82. The molecule has 0 bridgehead atoms.